The molecule has 3 heteroatoms. The Labute approximate surface area is 81.1 Å². The molecule has 0 radical (unpaired) electrons. The second-order valence-electron chi connectivity index (χ2n) is 2.93. The fourth-order valence-corrected chi connectivity index (χ4v) is 1.25. The van der Waals surface area contributed by atoms with Crippen LogP contribution in [0.2, 0.25) is 0 Å². The van der Waals surface area contributed by atoms with Crippen molar-refractivity contribution in [3.63, 3.8) is 0 Å². The molecular weight excluding hydrogens is 178 g/mol. The summed E-state index contributed by atoms with van der Waals surface area (Å²) in [6.45, 7) is 0. The molecule has 3 nitrogen and oxygen atoms in total. The Bertz CT molecular complexity index is 446. The number of carbonyl (C=O) groups excluding carboxylic acids is 1. The van der Waals surface area contributed by atoms with E-state index in [9.17, 15) is 4.79 Å². The van der Waals surface area contributed by atoms with Gasteiger partial charge in [-0.15, -0.1) is 0 Å². The van der Waals surface area contributed by atoms with Crippen molar-refractivity contribution in [3.05, 3.63) is 54.0 Å². The van der Waals surface area contributed by atoms with Crippen molar-refractivity contribution in [2.45, 2.75) is 0 Å². The Morgan fingerprint density at radius 1 is 1.21 bits per heavy atom. The molecule has 0 aliphatic heterocycles. The first kappa shape index (κ1) is 8.56. The largest absolute Gasteiger partial charge is 0.472 e. The van der Waals surface area contributed by atoms with E-state index in [1.165, 1.54) is 12.5 Å². The summed E-state index contributed by atoms with van der Waals surface area (Å²) in [4.78, 5) is 11.8. The third kappa shape index (κ3) is 1.40. The zero-order valence-electron chi connectivity index (χ0n) is 7.44. The quantitative estimate of drug-likeness (QED) is 0.578. The zero-order chi connectivity index (χ0) is 9.97. The van der Waals surface area contributed by atoms with Crippen LogP contribution in [0.1, 0.15) is 15.9 Å². The van der Waals surface area contributed by atoms with Crippen molar-refractivity contribution in [3.8, 4) is 0 Å². The van der Waals surface area contributed by atoms with Crippen LogP contribution < -0.4 is 5.73 Å². The van der Waals surface area contributed by atoms with E-state index in [1.54, 1.807) is 30.3 Å². The average molecular weight is 187 g/mol. The molecule has 0 fully saturated rings. The van der Waals surface area contributed by atoms with Gasteiger partial charge in [0.1, 0.15) is 6.26 Å². The van der Waals surface area contributed by atoms with Crippen LogP contribution in [0.3, 0.4) is 0 Å². The SMILES string of the molecule is Nc1ccccc1C(=O)c1ccoc1. The molecule has 0 saturated carbocycles. The number of furan rings is 1. The summed E-state index contributed by atoms with van der Waals surface area (Å²) in [6.07, 6.45) is 2.88. The molecule has 0 amide bonds. The van der Waals surface area contributed by atoms with E-state index >= 15 is 0 Å². The molecule has 2 aromatic rings. The Morgan fingerprint density at radius 2 is 2.00 bits per heavy atom. The van der Waals surface area contributed by atoms with Gasteiger partial charge in [-0.2, -0.15) is 0 Å². The molecule has 70 valence electrons. The maximum absolute atomic E-state index is 11.8. The predicted molar refractivity (Wildman–Crippen MR) is 53.0 cm³/mol. The summed E-state index contributed by atoms with van der Waals surface area (Å²) < 4.78 is 4.84. The minimum atomic E-state index is -0.114. The summed E-state index contributed by atoms with van der Waals surface area (Å²) in [5.41, 5.74) is 7.19. The van der Waals surface area contributed by atoms with Crippen LogP contribution in [0, 0.1) is 0 Å². The third-order valence-electron chi connectivity index (χ3n) is 1.99. The molecule has 2 rings (SSSR count). The van der Waals surface area contributed by atoms with Crippen molar-refractivity contribution in [1.82, 2.24) is 0 Å². The van der Waals surface area contributed by atoms with Crippen molar-refractivity contribution >= 4 is 11.5 Å². The highest BCUT2D eigenvalue weighted by molar-refractivity contribution is 6.11. The molecule has 1 aromatic heterocycles. The van der Waals surface area contributed by atoms with E-state index < -0.39 is 0 Å². The number of nitrogen functional groups attached to an aromatic ring is 1. The number of ketones is 1. The summed E-state index contributed by atoms with van der Waals surface area (Å²) in [5.74, 6) is -0.114. The first-order chi connectivity index (χ1) is 6.79. The molecule has 2 N–H and O–H groups in total. The van der Waals surface area contributed by atoms with Crippen LogP contribution >= 0.6 is 0 Å². The molecule has 0 spiro atoms. The molecule has 14 heavy (non-hydrogen) atoms. The maximum atomic E-state index is 11.8. The summed E-state index contributed by atoms with van der Waals surface area (Å²) in [6, 6.07) is 8.60. The molecule has 0 saturated heterocycles. The van der Waals surface area contributed by atoms with Gasteiger partial charge in [0.15, 0.2) is 5.78 Å². The van der Waals surface area contributed by atoms with Gasteiger partial charge in [-0.1, -0.05) is 12.1 Å². The van der Waals surface area contributed by atoms with Gasteiger partial charge in [0.25, 0.3) is 0 Å². The van der Waals surface area contributed by atoms with Crippen molar-refractivity contribution in [1.29, 1.82) is 0 Å². The van der Waals surface area contributed by atoms with Gasteiger partial charge < -0.3 is 10.2 Å². The maximum Gasteiger partial charge on any atom is 0.198 e. The van der Waals surface area contributed by atoms with E-state index in [4.69, 9.17) is 10.2 Å². The molecule has 0 bridgehead atoms. The highest BCUT2D eigenvalue weighted by Gasteiger charge is 2.12. The van der Waals surface area contributed by atoms with Gasteiger partial charge in [0.05, 0.1) is 11.8 Å². The van der Waals surface area contributed by atoms with E-state index in [0.29, 0.717) is 16.8 Å². The molecule has 0 aliphatic rings. The number of rotatable bonds is 2. The molecule has 0 unspecified atom stereocenters. The lowest BCUT2D eigenvalue weighted by atomic mass is 10.0. The van der Waals surface area contributed by atoms with Crippen LogP contribution in [0.25, 0.3) is 0 Å². The minimum absolute atomic E-state index is 0.114. The molecular formula is C11H9NO2. The van der Waals surface area contributed by atoms with E-state index in [-0.39, 0.29) is 5.78 Å². The smallest absolute Gasteiger partial charge is 0.198 e. The fraction of sp³-hybridized carbons (Fsp3) is 0. The van der Waals surface area contributed by atoms with Gasteiger partial charge in [-0.3, -0.25) is 4.79 Å². The summed E-state index contributed by atoms with van der Waals surface area (Å²) in [7, 11) is 0. The Morgan fingerprint density at radius 3 is 2.64 bits per heavy atom. The van der Waals surface area contributed by atoms with Gasteiger partial charge in [-0.25, -0.2) is 0 Å². The normalized spacial score (nSPS) is 10.0. The number of carbonyl (C=O) groups is 1. The van der Waals surface area contributed by atoms with Crippen molar-refractivity contribution < 1.29 is 9.21 Å². The summed E-state index contributed by atoms with van der Waals surface area (Å²) >= 11 is 0. The topological polar surface area (TPSA) is 56.2 Å². The molecule has 0 aliphatic carbocycles. The number of benzene rings is 1. The highest BCUT2D eigenvalue weighted by atomic mass is 16.3. The molecule has 0 atom stereocenters. The Kier molecular flexibility index (Phi) is 2.07. The Balaban J connectivity index is 2.42. The fourth-order valence-electron chi connectivity index (χ4n) is 1.25. The van der Waals surface area contributed by atoms with Crippen LogP contribution in [0.15, 0.2) is 47.3 Å². The van der Waals surface area contributed by atoms with Crippen molar-refractivity contribution in [2.75, 3.05) is 5.73 Å². The lowest BCUT2D eigenvalue weighted by Crippen LogP contribution is -2.03. The first-order valence-corrected chi connectivity index (χ1v) is 4.20. The van der Waals surface area contributed by atoms with E-state index in [2.05, 4.69) is 0 Å². The van der Waals surface area contributed by atoms with Crippen molar-refractivity contribution in [2.24, 2.45) is 0 Å². The third-order valence-corrected chi connectivity index (χ3v) is 1.99. The number of hydrogen-bond acceptors (Lipinski definition) is 3. The van der Waals surface area contributed by atoms with Gasteiger partial charge in [-0.05, 0) is 18.2 Å². The second kappa shape index (κ2) is 3.38. The lowest BCUT2D eigenvalue weighted by molar-refractivity contribution is 0.103. The van der Waals surface area contributed by atoms with Crippen LogP contribution in [0.4, 0.5) is 5.69 Å². The minimum Gasteiger partial charge on any atom is -0.472 e. The average Bonchev–Trinajstić information content (AvgIpc) is 2.70. The number of nitrogens with two attached hydrogens (primary N) is 1. The number of para-hydroxylation sites is 1. The number of anilines is 1. The van der Waals surface area contributed by atoms with E-state index in [0.717, 1.165) is 0 Å². The van der Waals surface area contributed by atoms with Crippen LogP contribution in [-0.2, 0) is 0 Å². The van der Waals surface area contributed by atoms with Gasteiger partial charge in [0.2, 0.25) is 0 Å². The standard InChI is InChI=1S/C11H9NO2/c12-10-4-2-1-3-9(10)11(13)8-5-6-14-7-8/h1-7H,12H2. The zero-order valence-corrected chi connectivity index (χ0v) is 7.44. The summed E-state index contributed by atoms with van der Waals surface area (Å²) in [5, 5.41) is 0. The number of hydrogen-bond donors (Lipinski definition) is 1. The van der Waals surface area contributed by atoms with Gasteiger partial charge >= 0.3 is 0 Å². The molecule has 1 aromatic carbocycles. The van der Waals surface area contributed by atoms with E-state index in [1.807, 2.05) is 0 Å². The monoisotopic (exact) mass is 187 g/mol. The lowest BCUT2D eigenvalue weighted by Gasteiger charge is -2.01. The first-order valence-electron chi connectivity index (χ1n) is 4.20. The van der Waals surface area contributed by atoms with Gasteiger partial charge in [0, 0.05) is 11.3 Å². The molecule has 1 heterocycles. The Hall–Kier alpha value is -2.03. The van der Waals surface area contributed by atoms with Crippen LogP contribution in [-0.4, -0.2) is 5.78 Å². The second-order valence-corrected chi connectivity index (χ2v) is 2.93. The van der Waals surface area contributed by atoms with Crippen LogP contribution in [0.5, 0.6) is 0 Å². The predicted octanol–water partition coefficient (Wildman–Crippen LogP) is 2.09. The highest BCUT2D eigenvalue weighted by Crippen LogP contribution is 2.16.